The SMILES string of the molecule is CCCCCCCC/C=C\CCCCCCCC(=O)O[C@H](COC(=O)CCC[C@@H](O)[C@H](O)/C=C/C=C/C=C\C=C\[C@H](O)CCCCC)COP(=O)(O)OC1[C@H](O)[C@H](O)C(O)[C@H](O)[C@H]1O. The molecule has 1 saturated carbocycles. The number of esters is 2. The van der Waals surface area contributed by atoms with E-state index in [2.05, 4.69) is 26.0 Å². The van der Waals surface area contributed by atoms with Gasteiger partial charge < -0.3 is 55.2 Å². The maximum Gasteiger partial charge on any atom is 0.472 e. The molecular formula is C47H81O16P. The number of aliphatic hydroxyl groups is 8. The number of ether oxygens (including phenoxy) is 2. The van der Waals surface area contributed by atoms with Crippen LogP contribution < -0.4 is 0 Å². The predicted octanol–water partition coefficient (Wildman–Crippen LogP) is 5.86. The fourth-order valence-electron chi connectivity index (χ4n) is 6.72. The van der Waals surface area contributed by atoms with Crippen LogP contribution in [-0.2, 0) is 32.7 Å². The molecule has 0 aromatic rings. The monoisotopic (exact) mass is 933 g/mol. The quantitative estimate of drug-likeness (QED) is 0.0116. The summed E-state index contributed by atoms with van der Waals surface area (Å²) in [5.41, 5.74) is 0. The van der Waals surface area contributed by atoms with Crippen LogP contribution in [0.3, 0.4) is 0 Å². The summed E-state index contributed by atoms with van der Waals surface area (Å²) < 4.78 is 33.3. The molecule has 0 amide bonds. The number of carbonyl (C=O) groups excluding carboxylic acids is 2. The fourth-order valence-corrected chi connectivity index (χ4v) is 7.70. The Morgan fingerprint density at radius 3 is 1.69 bits per heavy atom. The minimum absolute atomic E-state index is 0.0111. The molecule has 0 spiro atoms. The van der Waals surface area contributed by atoms with Gasteiger partial charge in [0.2, 0.25) is 0 Å². The number of aliphatic hydroxyl groups excluding tert-OH is 8. The Bertz CT molecular complexity index is 1400. The van der Waals surface area contributed by atoms with Crippen LogP contribution in [0.4, 0.5) is 0 Å². The molecule has 0 radical (unpaired) electrons. The zero-order valence-corrected chi connectivity index (χ0v) is 39.0. The Hall–Kier alpha value is -2.57. The van der Waals surface area contributed by atoms with Crippen LogP contribution in [0, 0.1) is 0 Å². The Labute approximate surface area is 381 Å². The normalized spacial score (nSPS) is 23.6. The first-order valence-electron chi connectivity index (χ1n) is 23.4. The second-order valence-corrected chi connectivity index (χ2v) is 17.9. The van der Waals surface area contributed by atoms with Gasteiger partial charge in [-0.25, -0.2) is 4.57 Å². The van der Waals surface area contributed by atoms with Crippen LogP contribution in [0.1, 0.15) is 149 Å². The summed E-state index contributed by atoms with van der Waals surface area (Å²) in [6.07, 6.45) is 19.0. The zero-order valence-electron chi connectivity index (χ0n) is 38.1. The van der Waals surface area contributed by atoms with E-state index in [1.54, 1.807) is 42.5 Å². The highest BCUT2D eigenvalue weighted by Crippen LogP contribution is 2.47. The molecule has 0 bridgehead atoms. The molecule has 0 aliphatic heterocycles. The number of hydrogen-bond acceptors (Lipinski definition) is 15. The third kappa shape index (κ3) is 28.5. The zero-order chi connectivity index (χ0) is 47.6. The molecule has 1 aliphatic rings. The van der Waals surface area contributed by atoms with E-state index in [-0.39, 0.29) is 25.7 Å². The summed E-state index contributed by atoms with van der Waals surface area (Å²) in [5, 5.41) is 80.7. The van der Waals surface area contributed by atoms with Crippen molar-refractivity contribution in [2.75, 3.05) is 13.2 Å². The first-order valence-corrected chi connectivity index (χ1v) is 24.9. The summed E-state index contributed by atoms with van der Waals surface area (Å²) in [7, 11) is -5.21. The van der Waals surface area contributed by atoms with Crippen molar-refractivity contribution in [1.82, 2.24) is 0 Å². The van der Waals surface area contributed by atoms with Crippen LogP contribution in [0.2, 0.25) is 0 Å². The molecular weight excluding hydrogens is 851 g/mol. The molecule has 9 N–H and O–H groups in total. The molecule has 1 fully saturated rings. The number of carbonyl (C=O) groups is 2. The van der Waals surface area contributed by atoms with Gasteiger partial charge in [-0.05, 0) is 51.4 Å². The van der Waals surface area contributed by atoms with Crippen molar-refractivity contribution in [1.29, 1.82) is 0 Å². The average Bonchev–Trinajstić information content (AvgIpc) is 3.26. The Balaban J connectivity index is 2.62. The van der Waals surface area contributed by atoms with Gasteiger partial charge in [0, 0.05) is 12.8 Å². The van der Waals surface area contributed by atoms with E-state index in [9.17, 15) is 59.9 Å². The molecule has 3 unspecified atom stereocenters. The van der Waals surface area contributed by atoms with Gasteiger partial charge in [-0.1, -0.05) is 145 Å². The standard InChI is InChI=1S/C47H81O16P/c1-3-5-7-8-9-10-11-12-13-14-15-16-17-22-26-32-41(52)62-37(35-61-64(58,59)63-47-45(56)43(54)42(53)44(55)46(47)57)34-60-40(51)33-27-31-39(50)38(49)30-25-21-19-18-20-24-29-36(48)28-23-6-4-2/h12-13,18-21,24-25,29-30,36-39,42-50,53-57H,3-11,14-17,22-23,26-28,31-35H2,1-2H3,(H,58,59)/b13-12-,20-18-,21-19+,29-24+,30-25+/t36-,37-,38-,39-,42?,43-,44+,45-,46-,47?/m1/s1. The van der Waals surface area contributed by atoms with E-state index in [0.29, 0.717) is 12.8 Å². The highest BCUT2D eigenvalue weighted by atomic mass is 31.2. The topological polar surface area (TPSA) is 270 Å². The lowest BCUT2D eigenvalue weighted by Crippen LogP contribution is -2.64. The van der Waals surface area contributed by atoms with Gasteiger partial charge >= 0.3 is 19.8 Å². The molecule has 11 atom stereocenters. The Morgan fingerprint density at radius 1 is 0.578 bits per heavy atom. The number of rotatable bonds is 37. The smallest absolute Gasteiger partial charge is 0.462 e. The van der Waals surface area contributed by atoms with E-state index in [1.165, 1.54) is 44.6 Å². The first-order chi connectivity index (χ1) is 30.6. The van der Waals surface area contributed by atoms with Crippen molar-refractivity contribution < 1.29 is 78.4 Å². The molecule has 370 valence electrons. The molecule has 17 heteroatoms. The van der Waals surface area contributed by atoms with E-state index in [1.807, 2.05) is 0 Å². The molecule has 0 heterocycles. The number of phosphoric ester groups is 1. The highest BCUT2D eigenvalue weighted by molar-refractivity contribution is 7.47. The molecule has 1 rings (SSSR count). The summed E-state index contributed by atoms with van der Waals surface area (Å²) >= 11 is 0. The van der Waals surface area contributed by atoms with Gasteiger partial charge in [0.1, 0.15) is 43.2 Å². The van der Waals surface area contributed by atoms with E-state index in [4.69, 9.17) is 18.5 Å². The van der Waals surface area contributed by atoms with Crippen LogP contribution >= 0.6 is 7.82 Å². The lowest BCUT2D eigenvalue weighted by Gasteiger charge is -2.41. The number of allylic oxidation sites excluding steroid dienone is 8. The lowest BCUT2D eigenvalue weighted by atomic mass is 9.85. The molecule has 0 saturated heterocycles. The summed E-state index contributed by atoms with van der Waals surface area (Å²) in [6.45, 7) is 2.88. The molecule has 0 aromatic heterocycles. The molecule has 64 heavy (non-hydrogen) atoms. The van der Waals surface area contributed by atoms with Crippen LogP contribution in [0.5, 0.6) is 0 Å². The maximum absolute atomic E-state index is 12.8. The number of hydrogen-bond donors (Lipinski definition) is 9. The highest BCUT2D eigenvalue weighted by Gasteiger charge is 2.51. The van der Waals surface area contributed by atoms with Gasteiger partial charge in [-0.15, -0.1) is 0 Å². The Kier molecular flexibility index (Phi) is 33.9. The third-order valence-corrected chi connectivity index (χ3v) is 11.7. The van der Waals surface area contributed by atoms with Gasteiger partial charge in [-0.2, -0.15) is 0 Å². The second-order valence-electron chi connectivity index (χ2n) is 16.5. The lowest BCUT2D eigenvalue weighted by molar-refractivity contribution is -0.220. The number of unbranched alkanes of at least 4 members (excludes halogenated alkanes) is 13. The maximum atomic E-state index is 12.8. The molecule has 16 nitrogen and oxygen atoms in total. The van der Waals surface area contributed by atoms with E-state index >= 15 is 0 Å². The summed E-state index contributed by atoms with van der Waals surface area (Å²) in [6, 6.07) is 0. The van der Waals surface area contributed by atoms with E-state index in [0.717, 1.165) is 57.8 Å². The van der Waals surface area contributed by atoms with Crippen molar-refractivity contribution in [2.45, 2.75) is 210 Å². The minimum atomic E-state index is -5.21. The predicted molar refractivity (Wildman–Crippen MR) is 244 cm³/mol. The third-order valence-electron chi connectivity index (χ3n) is 10.7. The van der Waals surface area contributed by atoms with Crippen LogP contribution in [0.15, 0.2) is 60.8 Å². The Morgan fingerprint density at radius 2 is 1.08 bits per heavy atom. The van der Waals surface area contributed by atoms with Gasteiger partial charge in [0.25, 0.3) is 0 Å². The van der Waals surface area contributed by atoms with Crippen molar-refractivity contribution in [3.63, 3.8) is 0 Å². The largest absolute Gasteiger partial charge is 0.472 e. The van der Waals surface area contributed by atoms with Crippen molar-refractivity contribution >= 4 is 19.8 Å². The van der Waals surface area contributed by atoms with Gasteiger partial charge in [0.15, 0.2) is 6.10 Å². The minimum Gasteiger partial charge on any atom is -0.462 e. The van der Waals surface area contributed by atoms with Crippen molar-refractivity contribution in [3.8, 4) is 0 Å². The van der Waals surface area contributed by atoms with Crippen LogP contribution in [-0.4, -0.2) is 132 Å². The van der Waals surface area contributed by atoms with Crippen LogP contribution in [0.25, 0.3) is 0 Å². The first kappa shape index (κ1) is 59.4. The average molecular weight is 933 g/mol. The fraction of sp³-hybridized carbons (Fsp3) is 0.745. The van der Waals surface area contributed by atoms with E-state index < -0.39 is 94.0 Å². The summed E-state index contributed by atoms with van der Waals surface area (Å²) in [4.78, 5) is 35.7. The molecule has 0 aromatic carbocycles. The van der Waals surface area contributed by atoms with Gasteiger partial charge in [-0.3, -0.25) is 18.6 Å². The molecule has 1 aliphatic carbocycles. The number of phosphoric acid groups is 1. The van der Waals surface area contributed by atoms with Crippen molar-refractivity contribution in [3.05, 3.63) is 60.8 Å². The van der Waals surface area contributed by atoms with Crippen molar-refractivity contribution in [2.24, 2.45) is 0 Å². The summed E-state index contributed by atoms with van der Waals surface area (Å²) in [5.74, 6) is -1.44. The second kappa shape index (κ2) is 36.5. The van der Waals surface area contributed by atoms with Gasteiger partial charge in [0.05, 0.1) is 24.9 Å².